The van der Waals surface area contributed by atoms with E-state index in [0.717, 1.165) is 57.5 Å². The maximum atomic E-state index is 14.0. The number of carbonyl (C=O) groups excluding carboxylic acids is 2. The van der Waals surface area contributed by atoms with Crippen molar-refractivity contribution in [2.45, 2.75) is 104 Å². The minimum atomic E-state index is -0.0171. The van der Waals surface area contributed by atoms with Crippen LogP contribution in [0.25, 0.3) is 0 Å². The van der Waals surface area contributed by atoms with Crippen molar-refractivity contribution >= 4 is 29.4 Å². The Hall–Kier alpha value is -2.36. The van der Waals surface area contributed by atoms with Gasteiger partial charge in [0.2, 0.25) is 11.8 Å². The molecule has 0 N–H and O–H groups in total. The van der Waals surface area contributed by atoms with Gasteiger partial charge >= 0.3 is 0 Å². The second kappa shape index (κ2) is 12.9. The molecular formula is C34H50N6O2S. The lowest BCUT2D eigenvalue weighted by Crippen LogP contribution is -2.46. The van der Waals surface area contributed by atoms with E-state index in [2.05, 4.69) is 63.9 Å². The number of aryl methyl sites for hydroxylation is 3. The van der Waals surface area contributed by atoms with Gasteiger partial charge in [0.15, 0.2) is 0 Å². The summed E-state index contributed by atoms with van der Waals surface area (Å²) < 4.78 is 5.04. The van der Waals surface area contributed by atoms with Gasteiger partial charge in [-0.25, -0.2) is 9.29 Å². The Morgan fingerprint density at radius 3 is 2.35 bits per heavy atom. The van der Waals surface area contributed by atoms with Crippen LogP contribution >= 0.6 is 11.9 Å². The predicted molar refractivity (Wildman–Crippen MR) is 174 cm³/mol. The number of hydrogen-bond donors (Lipinski definition) is 0. The molecule has 2 bridgehead atoms. The Kier molecular flexibility index (Phi) is 9.22. The first-order chi connectivity index (χ1) is 20.7. The lowest BCUT2D eigenvalue weighted by atomic mass is 9.94. The average molecular weight is 607 g/mol. The summed E-state index contributed by atoms with van der Waals surface area (Å²) in [6, 6.07) is 8.24. The van der Waals surface area contributed by atoms with Crippen LogP contribution in [0.15, 0.2) is 18.2 Å². The second-order valence-electron chi connectivity index (χ2n) is 13.4. The minimum absolute atomic E-state index is 0.0171. The number of rotatable bonds is 8. The van der Waals surface area contributed by atoms with Crippen LogP contribution < -0.4 is 4.90 Å². The van der Waals surface area contributed by atoms with Gasteiger partial charge in [-0.15, -0.1) is 0 Å². The molecule has 5 heterocycles. The summed E-state index contributed by atoms with van der Waals surface area (Å²) in [5.41, 5.74) is 6.26. The molecule has 234 valence electrons. The summed E-state index contributed by atoms with van der Waals surface area (Å²) in [5, 5.41) is 0. The van der Waals surface area contributed by atoms with E-state index in [4.69, 9.17) is 4.98 Å². The van der Waals surface area contributed by atoms with E-state index in [1.807, 2.05) is 16.8 Å². The van der Waals surface area contributed by atoms with Gasteiger partial charge in [0, 0.05) is 81.5 Å². The quantitative estimate of drug-likeness (QED) is 0.381. The number of aromatic nitrogens is 2. The van der Waals surface area contributed by atoms with Crippen LogP contribution in [0.4, 0.5) is 5.69 Å². The maximum absolute atomic E-state index is 14.0. The van der Waals surface area contributed by atoms with Crippen LogP contribution in [-0.2, 0) is 22.6 Å². The molecule has 2 aromatic rings. The molecule has 9 heteroatoms. The van der Waals surface area contributed by atoms with Crippen molar-refractivity contribution in [3.8, 4) is 0 Å². The van der Waals surface area contributed by atoms with E-state index < -0.39 is 0 Å². The molecule has 3 saturated heterocycles. The molecule has 6 rings (SSSR count). The molecule has 0 radical (unpaired) electrons. The third-order valence-corrected chi connectivity index (χ3v) is 11.7. The predicted octanol–water partition coefficient (Wildman–Crippen LogP) is 5.29. The summed E-state index contributed by atoms with van der Waals surface area (Å²) in [6.45, 7) is 13.3. The molecule has 0 saturated carbocycles. The molecule has 43 heavy (non-hydrogen) atoms. The van der Waals surface area contributed by atoms with E-state index in [0.29, 0.717) is 31.2 Å². The summed E-state index contributed by atoms with van der Waals surface area (Å²) in [6.07, 6.45) is 10.7. The molecule has 1 unspecified atom stereocenters. The molecule has 2 amide bonds. The largest absolute Gasteiger partial charge is 0.343 e. The van der Waals surface area contributed by atoms with Crippen molar-refractivity contribution in [3.05, 3.63) is 46.5 Å². The zero-order valence-corrected chi connectivity index (χ0v) is 27.7. The first-order valence-electron chi connectivity index (χ1n) is 16.5. The first-order valence-corrected chi connectivity index (χ1v) is 17.7. The fourth-order valence-corrected chi connectivity index (χ4v) is 8.84. The van der Waals surface area contributed by atoms with Crippen molar-refractivity contribution in [2.75, 3.05) is 43.9 Å². The molecule has 1 aromatic carbocycles. The summed E-state index contributed by atoms with van der Waals surface area (Å²) in [4.78, 5) is 37.6. The van der Waals surface area contributed by atoms with Crippen molar-refractivity contribution in [1.29, 1.82) is 0 Å². The molecule has 1 aromatic heterocycles. The number of carbonyl (C=O) groups is 2. The number of nitrogens with zero attached hydrogens (tertiary/aromatic N) is 6. The average Bonchev–Trinajstić information content (AvgIpc) is 3.45. The fourth-order valence-electron chi connectivity index (χ4n) is 8.31. The number of anilines is 1. The van der Waals surface area contributed by atoms with E-state index in [9.17, 15) is 9.59 Å². The van der Waals surface area contributed by atoms with Gasteiger partial charge in [0.25, 0.3) is 0 Å². The van der Waals surface area contributed by atoms with Gasteiger partial charge in [-0.1, -0.05) is 18.0 Å². The first kappa shape index (κ1) is 30.7. The maximum Gasteiger partial charge on any atom is 0.230 e. The molecule has 0 spiro atoms. The topological polar surface area (TPSA) is 64.9 Å². The van der Waals surface area contributed by atoms with Crippen molar-refractivity contribution < 1.29 is 9.59 Å². The van der Waals surface area contributed by atoms with Crippen LogP contribution in [-0.4, -0.2) is 86.5 Å². The van der Waals surface area contributed by atoms with Crippen molar-refractivity contribution in [2.24, 2.45) is 5.92 Å². The molecule has 3 fully saturated rings. The standard InChI is InChI=1S/C34H50N6O2S/c1-23-7-8-28(19-24(23)2)39(34(42)27-11-16-36(17-12-27)26(4)41)15-6-14-38-29-9-10-30(38)21-31(20-29)40-25(3)35-32-22-37(43-5)18-13-33(32)40/h7-8,19,27,29-31H,6,9-18,20-22H2,1-5H3/t29-,30+,31?. The Labute approximate surface area is 262 Å². The minimum Gasteiger partial charge on any atom is -0.343 e. The van der Waals surface area contributed by atoms with Gasteiger partial charge < -0.3 is 14.4 Å². The summed E-state index contributed by atoms with van der Waals surface area (Å²) in [5.74, 6) is 1.52. The zero-order valence-electron chi connectivity index (χ0n) is 26.8. The Balaban J connectivity index is 1.11. The van der Waals surface area contributed by atoms with Crippen LogP contribution in [0.3, 0.4) is 0 Å². The third kappa shape index (κ3) is 6.27. The SMILES string of the molecule is CSN1CCc2c(nc(C)n2C2C[C@H]3CC[C@@H](C2)N3CCCN(C(=O)C2CCN(C(C)=O)CC2)c2ccc(C)c(C)c2)C1. The molecule has 8 nitrogen and oxygen atoms in total. The Morgan fingerprint density at radius 2 is 1.70 bits per heavy atom. The molecule has 0 aliphatic carbocycles. The number of amides is 2. The lowest BCUT2D eigenvalue weighted by molar-refractivity contribution is -0.133. The van der Waals surface area contributed by atoms with Crippen LogP contribution in [0.1, 0.15) is 86.3 Å². The number of benzene rings is 1. The highest BCUT2D eigenvalue weighted by molar-refractivity contribution is 7.96. The monoisotopic (exact) mass is 606 g/mol. The highest BCUT2D eigenvalue weighted by Gasteiger charge is 2.42. The van der Waals surface area contributed by atoms with E-state index in [1.54, 1.807) is 6.92 Å². The van der Waals surface area contributed by atoms with Crippen molar-refractivity contribution in [1.82, 2.24) is 23.7 Å². The molecular weight excluding hydrogens is 556 g/mol. The number of piperidine rings is 2. The highest BCUT2D eigenvalue weighted by Crippen LogP contribution is 2.42. The molecule has 4 aliphatic rings. The van der Waals surface area contributed by atoms with E-state index >= 15 is 0 Å². The van der Waals surface area contributed by atoms with Crippen LogP contribution in [0, 0.1) is 26.7 Å². The smallest absolute Gasteiger partial charge is 0.230 e. The molecule has 4 aliphatic heterocycles. The lowest BCUT2D eigenvalue weighted by Gasteiger charge is -2.41. The number of imidazole rings is 1. The normalized spacial score (nSPS) is 24.8. The summed E-state index contributed by atoms with van der Waals surface area (Å²) >= 11 is 1.83. The van der Waals surface area contributed by atoms with Gasteiger partial charge in [0.1, 0.15) is 5.82 Å². The number of hydrogen-bond acceptors (Lipinski definition) is 6. The van der Waals surface area contributed by atoms with Gasteiger partial charge in [-0.2, -0.15) is 0 Å². The number of likely N-dealkylation sites (tertiary alicyclic amines) is 1. The van der Waals surface area contributed by atoms with Gasteiger partial charge in [-0.05, 0) is 95.2 Å². The van der Waals surface area contributed by atoms with Crippen LogP contribution in [0.2, 0.25) is 0 Å². The summed E-state index contributed by atoms with van der Waals surface area (Å²) in [7, 11) is 0. The van der Waals surface area contributed by atoms with Gasteiger partial charge in [-0.3, -0.25) is 14.5 Å². The van der Waals surface area contributed by atoms with E-state index in [1.165, 1.54) is 54.0 Å². The Bertz CT molecular complexity index is 1320. The Morgan fingerprint density at radius 1 is 0.977 bits per heavy atom. The zero-order chi connectivity index (χ0) is 30.2. The van der Waals surface area contributed by atoms with Crippen molar-refractivity contribution in [3.63, 3.8) is 0 Å². The number of fused-ring (bicyclic) bond motifs is 3. The molecule has 3 atom stereocenters. The van der Waals surface area contributed by atoms with Crippen LogP contribution in [0.5, 0.6) is 0 Å². The third-order valence-electron chi connectivity index (χ3n) is 10.8. The van der Waals surface area contributed by atoms with Gasteiger partial charge in [0.05, 0.1) is 12.2 Å². The van der Waals surface area contributed by atoms with E-state index in [-0.39, 0.29) is 17.7 Å². The fraction of sp³-hybridized carbons (Fsp3) is 0.676. The highest BCUT2D eigenvalue weighted by atomic mass is 32.2. The second-order valence-corrected chi connectivity index (χ2v) is 14.2.